The van der Waals surface area contributed by atoms with Gasteiger partial charge in [0.05, 0.1) is 12.2 Å². The number of rotatable bonds is 5. The molecular formula is C18H21FN2O3. The Morgan fingerprint density at radius 2 is 1.92 bits per heavy atom. The van der Waals surface area contributed by atoms with E-state index in [1.807, 2.05) is 6.92 Å². The Hall–Kier alpha value is -2.63. The molecule has 0 aliphatic carbocycles. The molecule has 2 aromatic rings. The van der Waals surface area contributed by atoms with Gasteiger partial charge in [0.15, 0.2) is 0 Å². The van der Waals surface area contributed by atoms with E-state index < -0.39 is 11.8 Å². The quantitative estimate of drug-likeness (QED) is 0.854. The SMILES string of the molecule is CCOC(=O)c1cc(C)n(CC(=O)Nc2cc(F)ccc2C)c1C. The highest BCUT2D eigenvalue weighted by molar-refractivity contribution is 5.93. The van der Waals surface area contributed by atoms with Crippen molar-refractivity contribution in [2.24, 2.45) is 0 Å². The van der Waals surface area contributed by atoms with Crippen molar-refractivity contribution in [1.82, 2.24) is 4.57 Å². The standard InChI is InChI=1S/C18H21FN2O3/c1-5-24-18(23)15-8-12(3)21(13(15)4)10-17(22)20-16-9-14(19)7-6-11(16)2/h6-9H,5,10H2,1-4H3,(H,20,22). The fraction of sp³-hybridized carbons (Fsp3) is 0.333. The molecule has 0 spiro atoms. The van der Waals surface area contributed by atoms with Crippen LogP contribution in [0.1, 0.15) is 34.2 Å². The molecule has 6 heteroatoms. The zero-order chi connectivity index (χ0) is 17.9. The molecule has 2 rings (SSSR count). The van der Waals surface area contributed by atoms with Crippen LogP contribution in [-0.4, -0.2) is 23.1 Å². The van der Waals surface area contributed by atoms with Crippen LogP contribution in [0.4, 0.5) is 10.1 Å². The van der Waals surface area contributed by atoms with Crippen molar-refractivity contribution in [3.8, 4) is 0 Å². The van der Waals surface area contributed by atoms with Crippen LogP contribution in [0.5, 0.6) is 0 Å². The molecule has 128 valence electrons. The summed E-state index contributed by atoms with van der Waals surface area (Å²) in [6, 6.07) is 5.94. The Morgan fingerprint density at radius 1 is 1.21 bits per heavy atom. The van der Waals surface area contributed by atoms with Crippen molar-refractivity contribution in [1.29, 1.82) is 0 Å². The molecule has 0 unspecified atom stereocenters. The van der Waals surface area contributed by atoms with Crippen LogP contribution in [0, 0.1) is 26.6 Å². The van der Waals surface area contributed by atoms with E-state index in [0.717, 1.165) is 11.3 Å². The predicted octanol–water partition coefficient (Wildman–Crippen LogP) is 3.37. The van der Waals surface area contributed by atoms with Gasteiger partial charge in [-0.3, -0.25) is 4.79 Å². The molecule has 0 radical (unpaired) electrons. The van der Waals surface area contributed by atoms with E-state index in [1.165, 1.54) is 12.1 Å². The number of carbonyl (C=O) groups is 2. The maximum absolute atomic E-state index is 13.3. The summed E-state index contributed by atoms with van der Waals surface area (Å²) in [7, 11) is 0. The first-order valence-electron chi connectivity index (χ1n) is 7.73. The number of carbonyl (C=O) groups excluding carboxylic acids is 2. The van der Waals surface area contributed by atoms with E-state index in [9.17, 15) is 14.0 Å². The molecule has 1 amide bonds. The summed E-state index contributed by atoms with van der Waals surface area (Å²) in [6.45, 7) is 7.44. The van der Waals surface area contributed by atoms with Gasteiger partial charge in [-0.15, -0.1) is 0 Å². The second-order valence-electron chi connectivity index (χ2n) is 5.60. The number of anilines is 1. The summed E-state index contributed by atoms with van der Waals surface area (Å²) >= 11 is 0. The largest absolute Gasteiger partial charge is 0.462 e. The highest BCUT2D eigenvalue weighted by atomic mass is 19.1. The summed E-state index contributed by atoms with van der Waals surface area (Å²) in [4.78, 5) is 24.2. The predicted molar refractivity (Wildman–Crippen MR) is 89.6 cm³/mol. The van der Waals surface area contributed by atoms with Crippen LogP contribution >= 0.6 is 0 Å². The number of hydrogen-bond donors (Lipinski definition) is 1. The van der Waals surface area contributed by atoms with Crippen molar-refractivity contribution in [3.05, 3.63) is 52.6 Å². The van der Waals surface area contributed by atoms with Crippen LogP contribution in [-0.2, 0) is 16.1 Å². The zero-order valence-corrected chi connectivity index (χ0v) is 14.3. The van der Waals surface area contributed by atoms with Gasteiger partial charge in [0.1, 0.15) is 12.4 Å². The molecule has 0 aliphatic heterocycles. The number of benzene rings is 1. The molecule has 5 nitrogen and oxygen atoms in total. The van der Waals surface area contributed by atoms with Crippen LogP contribution < -0.4 is 5.32 Å². The van der Waals surface area contributed by atoms with E-state index in [4.69, 9.17) is 4.74 Å². The van der Waals surface area contributed by atoms with Crippen LogP contribution in [0.2, 0.25) is 0 Å². The molecule has 0 atom stereocenters. The third kappa shape index (κ3) is 3.82. The monoisotopic (exact) mass is 332 g/mol. The molecule has 0 aliphatic rings. The van der Waals surface area contributed by atoms with E-state index in [2.05, 4.69) is 5.32 Å². The number of nitrogens with zero attached hydrogens (tertiary/aromatic N) is 1. The average Bonchev–Trinajstić information content (AvgIpc) is 2.79. The molecule has 1 aromatic carbocycles. The van der Waals surface area contributed by atoms with Crippen LogP contribution in [0.3, 0.4) is 0 Å². The Bertz CT molecular complexity index is 781. The molecule has 24 heavy (non-hydrogen) atoms. The topological polar surface area (TPSA) is 60.3 Å². The molecule has 0 fully saturated rings. The fourth-order valence-corrected chi connectivity index (χ4v) is 2.52. The smallest absolute Gasteiger partial charge is 0.339 e. The lowest BCUT2D eigenvalue weighted by Gasteiger charge is -2.12. The van der Waals surface area contributed by atoms with Crippen LogP contribution in [0.15, 0.2) is 24.3 Å². The zero-order valence-electron chi connectivity index (χ0n) is 14.3. The third-order valence-corrected chi connectivity index (χ3v) is 3.84. The lowest BCUT2D eigenvalue weighted by molar-refractivity contribution is -0.116. The number of halogens is 1. The Morgan fingerprint density at radius 3 is 2.58 bits per heavy atom. The van der Waals surface area contributed by atoms with E-state index >= 15 is 0 Å². The van der Waals surface area contributed by atoms with Crippen LogP contribution in [0.25, 0.3) is 0 Å². The molecule has 1 heterocycles. The first-order chi connectivity index (χ1) is 11.3. The number of nitrogens with one attached hydrogen (secondary N) is 1. The number of amides is 1. The number of esters is 1. The highest BCUT2D eigenvalue weighted by Gasteiger charge is 2.18. The van der Waals surface area contributed by atoms with Gasteiger partial charge in [0, 0.05) is 17.1 Å². The number of hydrogen-bond acceptors (Lipinski definition) is 3. The first kappa shape index (κ1) is 17.7. The second-order valence-corrected chi connectivity index (χ2v) is 5.60. The molecular weight excluding hydrogens is 311 g/mol. The summed E-state index contributed by atoms with van der Waals surface area (Å²) in [6.07, 6.45) is 0. The van der Waals surface area contributed by atoms with Gasteiger partial charge < -0.3 is 14.6 Å². The van der Waals surface area contributed by atoms with Gasteiger partial charge >= 0.3 is 5.97 Å². The maximum atomic E-state index is 13.3. The normalized spacial score (nSPS) is 10.5. The number of ether oxygens (including phenoxy) is 1. The van der Waals surface area contributed by atoms with Gasteiger partial charge in [0.25, 0.3) is 0 Å². The first-order valence-corrected chi connectivity index (χ1v) is 7.73. The van der Waals surface area contributed by atoms with Crippen molar-refractivity contribution >= 4 is 17.6 Å². The Kier molecular flexibility index (Phi) is 5.39. The van der Waals surface area contributed by atoms with Crippen molar-refractivity contribution in [2.75, 3.05) is 11.9 Å². The Labute approximate surface area is 140 Å². The maximum Gasteiger partial charge on any atom is 0.339 e. The van der Waals surface area contributed by atoms with Crippen molar-refractivity contribution < 1.29 is 18.7 Å². The Balaban J connectivity index is 2.17. The minimum atomic E-state index is -0.408. The van der Waals surface area contributed by atoms with Gasteiger partial charge in [-0.1, -0.05) is 6.07 Å². The summed E-state index contributed by atoms with van der Waals surface area (Å²) in [5.74, 6) is -1.10. The van der Waals surface area contributed by atoms with E-state index in [0.29, 0.717) is 23.6 Å². The molecule has 1 aromatic heterocycles. The summed E-state index contributed by atoms with van der Waals surface area (Å²) in [5.41, 5.74) is 3.11. The third-order valence-electron chi connectivity index (χ3n) is 3.84. The van der Waals surface area contributed by atoms with Crippen molar-refractivity contribution in [2.45, 2.75) is 34.2 Å². The van der Waals surface area contributed by atoms with E-state index in [-0.39, 0.29) is 12.5 Å². The lowest BCUT2D eigenvalue weighted by Crippen LogP contribution is -2.21. The van der Waals surface area contributed by atoms with Gasteiger partial charge in [-0.05, 0) is 51.5 Å². The number of aromatic nitrogens is 1. The molecule has 0 saturated carbocycles. The number of aryl methyl sites for hydroxylation is 2. The van der Waals surface area contributed by atoms with Crippen molar-refractivity contribution in [3.63, 3.8) is 0 Å². The second kappa shape index (κ2) is 7.29. The average molecular weight is 332 g/mol. The van der Waals surface area contributed by atoms with Gasteiger partial charge in [-0.25, -0.2) is 9.18 Å². The molecule has 0 saturated heterocycles. The van der Waals surface area contributed by atoms with Gasteiger partial charge in [-0.2, -0.15) is 0 Å². The molecule has 0 bridgehead atoms. The minimum Gasteiger partial charge on any atom is -0.462 e. The lowest BCUT2D eigenvalue weighted by atomic mass is 10.2. The fourth-order valence-electron chi connectivity index (χ4n) is 2.52. The van der Waals surface area contributed by atoms with E-state index in [1.54, 1.807) is 37.5 Å². The van der Waals surface area contributed by atoms with Gasteiger partial charge in [0.2, 0.25) is 5.91 Å². The summed E-state index contributed by atoms with van der Waals surface area (Å²) < 4.78 is 20.1. The molecule has 1 N–H and O–H groups in total. The summed E-state index contributed by atoms with van der Waals surface area (Å²) in [5, 5.41) is 2.70. The highest BCUT2D eigenvalue weighted by Crippen LogP contribution is 2.18. The minimum absolute atomic E-state index is 0.0347.